The molecule has 1 spiro atoms. The number of imide groups is 1. The van der Waals surface area contributed by atoms with Gasteiger partial charge in [-0.15, -0.1) is 5.10 Å². The first kappa shape index (κ1) is 20.8. The number of hydrogen-bond acceptors (Lipinski definition) is 7. The SMILES string of the molecule is CCC(=O)NC1=NN(C(=O)CC)[C@@]2(S1)C(=O)N(C(=O)CC)c1ccc(OC)cc12. The van der Waals surface area contributed by atoms with Crippen molar-refractivity contribution in [2.45, 2.75) is 44.9 Å². The van der Waals surface area contributed by atoms with E-state index in [1.807, 2.05) is 0 Å². The number of rotatable bonds is 4. The van der Waals surface area contributed by atoms with Crippen LogP contribution in [0.25, 0.3) is 0 Å². The highest BCUT2D eigenvalue weighted by Gasteiger charge is 2.62. The molecule has 3 rings (SSSR count). The minimum absolute atomic E-state index is 0.0924. The molecule has 4 amide bonds. The lowest BCUT2D eigenvalue weighted by Crippen LogP contribution is -2.50. The lowest BCUT2D eigenvalue weighted by molar-refractivity contribution is -0.141. The van der Waals surface area contributed by atoms with Crippen LogP contribution in [0.1, 0.15) is 45.6 Å². The molecule has 29 heavy (non-hydrogen) atoms. The smallest absolute Gasteiger partial charge is 0.277 e. The Morgan fingerprint density at radius 1 is 1.14 bits per heavy atom. The first-order valence-corrected chi connectivity index (χ1v) is 10.1. The number of hydrogen-bond donors (Lipinski definition) is 1. The van der Waals surface area contributed by atoms with Crippen LogP contribution in [0.2, 0.25) is 0 Å². The van der Waals surface area contributed by atoms with Crippen molar-refractivity contribution in [3.05, 3.63) is 23.8 Å². The number of methoxy groups -OCH3 is 1. The number of carbonyl (C=O) groups is 4. The second kappa shape index (κ2) is 7.86. The number of thioether (sulfide) groups is 1. The molecule has 10 heteroatoms. The molecule has 154 valence electrons. The third-order valence-electron chi connectivity index (χ3n) is 4.69. The molecule has 1 N–H and O–H groups in total. The van der Waals surface area contributed by atoms with Crippen LogP contribution >= 0.6 is 11.8 Å². The van der Waals surface area contributed by atoms with E-state index in [1.54, 1.807) is 39.0 Å². The van der Waals surface area contributed by atoms with Crippen molar-refractivity contribution in [3.63, 3.8) is 0 Å². The summed E-state index contributed by atoms with van der Waals surface area (Å²) in [6, 6.07) is 4.89. The Morgan fingerprint density at radius 2 is 1.83 bits per heavy atom. The predicted octanol–water partition coefficient (Wildman–Crippen LogP) is 1.91. The molecule has 0 radical (unpaired) electrons. The quantitative estimate of drug-likeness (QED) is 0.800. The monoisotopic (exact) mass is 418 g/mol. The highest BCUT2D eigenvalue weighted by atomic mass is 32.2. The lowest BCUT2D eigenvalue weighted by atomic mass is 10.1. The van der Waals surface area contributed by atoms with Gasteiger partial charge in [0, 0.05) is 24.8 Å². The predicted molar refractivity (Wildman–Crippen MR) is 108 cm³/mol. The molecule has 2 heterocycles. The molecule has 0 saturated carbocycles. The van der Waals surface area contributed by atoms with Crippen molar-refractivity contribution in [1.29, 1.82) is 0 Å². The van der Waals surface area contributed by atoms with E-state index < -0.39 is 22.6 Å². The van der Waals surface area contributed by atoms with Crippen LogP contribution in [0, 0.1) is 0 Å². The second-order valence-corrected chi connectivity index (χ2v) is 7.56. The molecule has 0 unspecified atom stereocenters. The molecule has 9 nitrogen and oxygen atoms in total. The van der Waals surface area contributed by atoms with E-state index in [-0.39, 0.29) is 30.3 Å². The fraction of sp³-hybridized carbons (Fsp3) is 0.421. The topological polar surface area (TPSA) is 108 Å². The molecule has 2 aliphatic heterocycles. The number of fused-ring (bicyclic) bond motifs is 2. The highest BCUT2D eigenvalue weighted by molar-refractivity contribution is 8.15. The number of benzene rings is 1. The van der Waals surface area contributed by atoms with E-state index in [0.717, 1.165) is 21.7 Å². The van der Waals surface area contributed by atoms with E-state index in [2.05, 4.69) is 10.4 Å². The molecule has 1 atom stereocenters. The van der Waals surface area contributed by atoms with E-state index >= 15 is 0 Å². The second-order valence-electron chi connectivity index (χ2n) is 6.38. The van der Waals surface area contributed by atoms with Crippen LogP contribution in [0.3, 0.4) is 0 Å². The van der Waals surface area contributed by atoms with Gasteiger partial charge >= 0.3 is 0 Å². The van der Waals surface area contributed by atoms with Crippen LogP contribution in [0.5, 0.6) is 5.75 Å². The van der Waals surface area contributed by atoms with Gasteiger partial charge in [0.2, 0.25) is 22.6 Å². The Kier molecular flexibility index (Phi) is 5.65. The van der Waals surface area contributed by atoms with Crippen LogP contribution in [-0.4, -0.2) is 40.9 Å². The zero-order valence-corrected chi connectivity index (χ0v) is 17.5. The van der Waals surface area contributed by atoms with E-state index in [4.69, 9.17) is 4.74 Å². The van der Waals surface area contributed by atoms with E-state index in [1.165, 1.54) is 7.11 Å². The molecule has 1 aromatic carbocycles. The molecular weight excluding hydrogens is 396 g/mol. The van der Waals surface area contributed by atoms with Crippen LogP contribution in [0.15, 0.2) is 23.3 Å². The molecule has 0 aromatic heterocycles. The van der Waals surface area contributed by atoms with Gasteiger partial charge in [0.15, 0.2) is 5.17 Å². The molecule has 0 aliphatic carbocycles. The van der Waals surface area contributed by atoms with Gasteiger partial charge in [0.05, 0.1) is 12.8 Å². The number of anilines is 1. The van der Waals surface area contributed by atoms with Gasteiger partial charge in [-0.3, -0.25) is 19.2 Å². The van der Waals surface area contributed by atoms with Gasteiger partial charge in [-0.05, 0) is 30.0 Å². The lowest BCUT2D eigenvalue weighted by Gasteiger charge is -2.29. The third-order valence-corrected chi connectivity index (χ3v) is 5.93. The Hall–Kier alpha value is -2.88. The Labute approximate surface area is 172 Å². The normalized spacial score (nSPS) is 20.0. The minimum Gasteiger partial charge on any atom is -0.497 e. The number of carbonyl (C=O) groups excluding carboxylic acids is 4. The number of ether oxygens (including phenoxy) is 1. The van der Waals surface area contributed by atoms with Gasteiger partial charge < -0.3 is 10.1 Å². The van der Waals surface area contributed by atoms with Crippen molar-refractivity contribution in [3.8, 4) is 5.75 Å². The molecule has 0 saturated heterocycles. The summed E-state index contributed by atoms with van der Waals surface area (Å²) in [6.45, 7) is 4.99. The van der Waals surface area contributed by atoms with Crippen molar-refractivity contribution in [1.82, 2.24) is 10.3 Å². The summed E-state index contributed by atoms with van der Waals surface area (Å²) in [5, 5.41) is 8.07. The molecule has 0 bridgehead atoms. The zero-order chi connectivity index (χ0) is 21.3. The van der Waals surface area contributed by atoms with Gasteiger partial charge in [-0.25, -0.2) is 4.90 Å². The standard InChI is InChI=1S/C19H22N4O5S/c1-5-14(24)20-18-21-23(16(26)7-3)19(29-18)12-10-11(28-4)8-9-13(12)22(17(19)27)15(25)6-2/h8-10H,5-7H2,1-4H3,(H,20,21,24)/t19-/m0/s1. The fourth-order valence-corrected chi connectivity index (χ4v) is 4.45. The average Bonchev–Trinajstić information content (AvgIpc) is 3.23. The Bertz CT molecular complexity index is 931. The number of amidine groups is 1. The highest BCUT2D eigenvalue weighted by Crippen LogP contribution is 2.55. The fourth-order valence-electron chi connectivity index (χ4n) is 3.20. The number of nitrogens with zero attached hydrogens (tertiary/aromatic N) is 3. The summed E-state index contributed by atoms with van der Waals surface area (Å²) in [5.41, 5.74) is 0.794. The maximum absolute atomic E-state index is 13.6. The van der Waals surface area contributed by atoms with Crippen LogP contribution in [-0.2, 0) is 24.0 Å². The van der Waals surface area contributed by atoms with E-state index in [9.17, 15) is 19.2 Å². The molecule has 0 fully saturated rings. The first-order chi connectivity index (χ1) is 13.8. The summed E-state index contributed by atoms with van der Waals surface area (Å²) >= 11 is 0.942. The Morgan fingerprint density at radius 3 is 2.41 bits per heavy atom. The van der Waals surface area contributed by atoms with Crippen LogP contribution < -0.4 is 15.0 Å². The molecule has 1 aromatic rings. The van der Waals surface area contributed by atoms with Crippen LogP contribution in [0.4, 0.5) is 5.69 Å². The van der Waals surface area contributed by atoms with Crippen molar-refractivity contribution in [2.24, 2.45) is 5.10 Å². The molecule has 2 aliphatic rings. The van der Waals surface area contributed by atoms with Gasteiger partial charge in [0.25, 0.3) is 5.91 Å². The summed E-state index contributed by atoms with van der Waals surface area (Å²) in [5.74, 6) is -1.23. The number of hydrazone groups is 1. The van der Waals surface area contributed by atoms with Gasteiger partial charge in [-0.2, -0.15) is 5.01 Å². The van der Waals surface area contributed by atoms with Crippen molar-refractivity contribution >= 4 is 46.2 Å². The maximum Gasteiger partial charge on any atom is 0.277 e. The maximum atomic E-state index is 13.6. The average molecular weight is 418 g/mol. The Balaban J connectivity index is 2.20. The zero-order valence-electron chi connectivity index (χ0n) is 16.6. The third kappa shape index (κ3) is 3.17. The number of amides is 4. The summed E-state index contributed by atoms with van der Waals surface area (Å²) in [7, 11) is 1.49. The van der Waals surface area contributed by atoms with Crippen molar-refractivity contribution in [2.75, 3.05) is 12.0 Å². The summed E-state index contributed by atoms with van der Waals surface area (Å²) in [6.07, 6.45) is 0.419. The summed E-state index contributed by atoms with van der Waals surface area (Å²) < 4.78 is 5.30. The van der Waals surface area contributed by atoms with E-state index in [0.29, 0.717) is 17.0 Å². The van der Waals surface area contributed by atoms with Gasteiger partial charge in [-0.1, -0.05) is 20.8 Å². The minimum atomic E-state index is -1.61. The molecular formula is C19H22N4O5S. The van der Waals surface area contributed by atoms with Crippen molar-refractivity contribution < 1.29 is 23.9 Å². The first-order valence-electron chi connectivity index (χ1n) is 9.30. The van der Waals surface area contributed by atoms with Gasteiger partial charge in [0.1, 0.15) is 5.75 Å². The largest absolute Gasteiger partial charge is 0.497 e. The summed E-state index contributed by atoms with van der Waals surface area (Å²) in [4.78, 5) is 50.3. The number of nitrogens with one attached hydrogen (secondary N) is 1.